The molecule has 0 aromatic heterocycles. The van der Waals surface area contributed by atoms with Crippen LogP contribution in [0.3, 0.4) is 0 Å². The van der Waals surface area contributed by atoms with Crippen LogP contribution in [0.15, 0.2) is 47.0 Å². The number of carbonyl (C=O) groups excluding carboxylic acids is 1. The van der Waals surface area contributed by atoms with E-state index < -0.39 is 5.91 Å². The molecule has 17 heavy (non-hydrogen) atoms. The van der Waals surface area contributed by atoms with Gasteiger partial charge in [-0.1, -0.05) is 40.2 Å². The fraction of sp³-hybridized carbons (Fsp3) is 0.0769. The number of hydrogen-bond acceptors (Lipinski definition) is 2. The molecule has 0 aliphatic heterocycles. The third kappa shape index (κ3) is 3.89. The van der Waals surface area contributed by atoms with Crippen molar-refractivity contribution in [3.05, 3.63) is 52.5 Å². The summed E-state index contributed by atoms with van der Waals surface area (Å²) in [6, 6.07) is 9.26. The Morgan fingerprint density at radius 2 is 2.24 bits per heavy atom. The predicted molar refractivity (Wildman–Crippen MR) is 70.9 cm³/mol. The highest BCUT2D eigenvalue weighted by Gasteiger charge is 2.08. The van der Waals surface area contributed by atoms with Crippen LogP contribution in [0, 0.1) is 11.3 Å². The summed E-state index contributed by atoms with van der Waals surface area (Å²) in [6.07, 6.45) is 3.10. The van der Waals surface area contributed by atoms with Crippen LogP contribution in [0.1, 0.15) is 5.56 Å². The van der Waals surface area contributed by atoms with Gasteiger partial charge < -0.3 is 5.32 Å². The van der Waals surface area contributed by atoms with Gasteiger partial charge in [0.15, 0.2) is 0 Å². The molecule has 0 atom stereocenters. The predicted octanol–water partition coefficient (Wildman–Crippen LogP) is 2.66. The Bertz CT molecular complexity index is 500. The highest BCUT2D eigenvalue weighted by molar-refractivity contribution is 9.10. The zero-order chi connectivity index (χ0) is 12.7. The molecule has 1 amide bonds. The molecule has 0 unspecified atom stereocenters. The summed E-state index contributed by atoms with van der Waals surface area (Å²) >= 11 is 3.35. The van der Waals surface area contributed by atoms with E-state index in [9.17, 15) is 4.79 Å². The van der Waals surface area contributed by atoms with Crippen LogP contribution >= 0.6 is 15.9 Å². The van der Waals surface area contributed by atoms with Gasteiger partial charge >= 0.3 is 0 Å². The highest BCUT2D eigenvalue weighted by Crippen LogP contribution is 2.18. The van der Waals surface area contributed by atoms with Crippen molar-refractivity contribution in [2.24, 2.45) is 0 Å². The highest BCUT2D eigenvalue weighted by atomic mass is 79.9. The molecule has 0 radical (unpaired) electrons. The second kappa shape index (κ2) is 6.66. The molecule has 86 valence electrons. The molecule has 0 fully saturated rings. The maximum Gasteiger partial charge on any atom is 0.262 e. The van der Waals surface area contributed by atoms with Crippen LogP contribution in [0.2, 0.25) is 0 Å². The smallest absolute Gasteiger partial charge is 0.262 e. The molecule has 1 aromatic rings. The molecule has 0 saturated heterocycles. The number of benzene rings is 1. The lowest BCUT2D eigenvalue weighted by atomic mass is 10.1. The van der Waals surface area contributed by atoms with E-state index in [1.807, 2.05) is 30.3 Å². The normalized spacial score (nSPS) is 10.5. The minimum absolute atomic E-state index is 0.0683. The summed E-state index contributed by atoms with van der Waals surface area (Å²) in [5.74, 6) is -0.400. The molecule has 0 aliphatic carbocycles. The van der Waals surface area contributed by atoms with Gasteiger partial charge in [-0.3, -0.25) is 4.79 Å². The van der Waals surface area contributed by atoms with E-state index in [2.05, 4.69) is 27.8 Å². The first-order valence-electron chi connectivity index (χ1n) is 4.94. The minimum Gasteiger partial charge on any atom is -0.348 e. The SMILES string of the molecule is C=CCNC(=O)C(C#N)=Cc1ccccc1Br. The summed E-state index contributed by atoms with van der Waals surface area (Å²) < 4.78 is 0.837. The molecular formula is C13H11BrN2O. The number of amides is 1. The van der Waals surface area contributed by atoms with Crippen molar-refractivity contribution in [1.82, 2.24) is 5.32 Å². The summed E-state index contributed by atoms with van der Waals surface area (Å²) in [4.78, 5) is 11.6. The second-order valence-electron chi connectivity index (χ2n) is 3.19. The average molecular weight is 291 g/mol. The molecule has 0 aliphatic rings. The summed E-state index contributed by atoms with van der Waals surface area (Å²) in [7, 11) is 0. The number of halogens is 1. The Kier molecular flexibility index (Phi) is 5.18. The lowest BCUT2D eigenvalue weighted by Crippen LogP contribution is -2.24. The van der Waals surface area contributed by atoms with E-state index in [4.69, 9.17) is 5.26 Å². The van der Waals surface area contributed by atoms with Gasteiger partial charge in [0, 0.05) is 11.0 Å². The molecule has 0 spiro atoms. The molecule has 0 saturated carbocycles. The van der Waals surface area contributed by atoms with E-state index >= 15 is 0 Å². The summed E-state index contributed by atoms with van der Waals surface area (Å²) in [5.41, 5.74) is 0.858. The number of nitrogens with one attached hydrogen (secondary N) is 1. The maximum absolute atomic E-state index is 11.6. The zero-order valence-corrected chi connectivity index (χ0v) is 10.7. The van der Waals surface area contributed by atoms with E-state index in [1.165, 1.54) is 0 Å². The maximum atomic E-state index is 11.6. The number of carbonyl (C=O) groups is 1. The quantitative estimate of drug-likeness (QED) is 0.527. The van der Waals surface area contributed by atoms with Crippen LogP contribution in [0.4, 0.5) is 0 Å². The molecule has 3 nitrogen and oxygen atoms in total. The molecule has 1 N–H and O–H groups in total. The lowest BCUT2D eigenvalue weighted by molar-refractivity contribution is -0.116. The first-order valence-corrected chi connectivity index (χ1v) is 5.73. The second-order valence-corrected chi connectivity index (χ2v) is 4.04. The van der Waals surface area contributed by atoms with E-state index in [1.54, 1.807) is 12.2 Å². The summed E-state index contributed by atoms with van der Waals surface area (Å²) in [6.45, 7) is 3.83. The largest absolute Gasteiger partial charge is 0.348 e. The number of nitrogens with zero attached hydrogens (tertiary/aromatic N) is 1. The first kappa shape index (κ1) is 13.2. The van der Waals surface area contributed by atoms with Crippen molar-refractivity contribution in [1.29, 1.82) is 5.26 Å². The van der Waals surface area contributed by atoms with Crippen LogP contribution in [-0.2, 0) is 4.79 Å². The van der Waals surface area contributed by atoms with Gasteiger partial charge in [0.25, 0.3) is 5.91 Å². The fourth-order valence-corrected chi connectivity index (χ4v) is 1.56. The number of rotatable bonds is 4. The first-order chi connectivity index (χ1) is 8.19. The Hall–Kier alpha value is -1.86. The van der Waals surface area contributed by atoms with E-state index in [-0.39, 0.29) is 5.57 Å². The van der Waals surface area contributed by atoms with Gasteiger partial charge in [-0.15, -0.1) is 6.58 Å². The van der Waals surface area contributed by atoms with Crippen molar-refractivity contribution < 1.29 is 4.79 Å². The Morgan fingerprint density at radius 3 is 2.82 bits per heavy atom. The third-order valence-electron chi connectivity index (χ3n) is 1.98. The number of hydrogen-bond donors (Lipinski definition) is 1. The lowest BCUT2D eigenvalue weighted by Gasteiger charge is -2.01. The van der Waals surface area contributed by atoms with Gasteiger partial charge in [0.1, 0.15) is 11.6 Å². The van der Waals surface area contributed by atoms with Crippen LogP contribution in [-0.4, -0.2) is 12.5 Å². The Balaban J connectivity index is 2.95. The van der Waals surface area contributed by atoms with Gasteiger partial charge in [-0.25, -0.2) is 0 Å². The van der Waals surface area contributed by atoms with Crippen molar-refractivity contribution in [2.75, 3.05) is 6.54 Å². The van der Waals surface area contributed by atoms with E-state index in [0.717, 1.165) is 10.0 Å². The standard InChI is InChI=1S/C13H11BrN2O/c1-2-7-16-13(17)11(9-15)8-10-5-3-4-6-12(10)14/h2-6,8H,1,7H2,(H,16,17). The summed E-state index contributed by atoms with van der Waals surface area (Å²) in [5, 5.41) is 11.5. The molecular weight excluding hydrogens is 280 g/mol. The number of nitriles is 1. The Labute approximate surface area is 109 Å². The van der Waals surface area contributed by atoms with Crippen molar-refractivity contribution in [3.8, 4) is 6.07 Å². The van der Waals surface area contributed by atoms with Crippen LogP contribution < -0.4 is 5.32 Å². The van der Waals surface area contributed by atoms with E-state index in [0.29, 0.717) is 6.54 Å². The fourth-order valence-electron chi connectivity index (χ4n) is 1.16. The topological polar surface area (TPSA) is 52.9 Å². The average Bonchev–Trinajstić information content (AvgIpc) is 2.35. The monoisotopic (exact) mass is 290 g/mol. The molecule has 0 bridgehead atoms. The van der Waals surface area contributed by atoms with Crippen molar-refractivity contribution >= 4 is 27.9 Å². The van der Waals surface area contributed by atoms with Crippen molar-refractivity contribution in [2.45, 2.75) is 0 Å². The zero-order valence-electron chi connectivity index (χ0n) is 9.11. The molecule has 1 aromatic carbocycles. The third-order valence-corrected chi connectivity index (χ3v) is 2.70. The molecule has 4 heteroatoms. The van der Waals surface area contributed by atoms with Crippen LogP contribution in [0.5, 0.6) is 0 Å². The minimum atomic E-state index is -0.400. The van der Waals surface area contributed by atoms with Crippen molar-refractivity contribution in [3.63, 3.8) is 0 Å². The van der Waals surface area contributed by atoms with Gasteiger partial charge in [-0.05, 0) is 17.7 Å². The molecule has 1 rings (SSSR count). The van der Waals surface area contributed by atoms with Crippen LogP contribution in [0.25, 0.3) is 6.08 Å². The van der Waals surface area contributed by atoms with Gasteiger partial charge in [-0.2, -0.15) is 5.26 Å². The van der Waals surface area contributed by atoms with Gasteiger partial charge in [0.05, 0.1) is 0 Å². The van der Waals surface area contributed by atoms with Gasteiger partial charge in [0.2, 0.25) is 0 Å². The Morgan fingerprint density at radius 1 is 1.53 bits per heavy atom. The molecule has 0 heterocycles.